The summed E-state index contributed by atoms with van der Waals surface area (Å²) < 4.78 is 2.31. The maximum atomic E-state index is 11.2. The first-order valence-electron chi connectivity index (χ1n) is 9.47. The van der Waals surface area contributed by atoms with E-state index in [1.807, 2.05) is 31.5 Å². The van der Waals surface area contributed by atoms with E-state index < -0.39 is 5.60 Å². The molecule has 5 rings (SSSR count). The Labute approximate surface area is 153 Å². The molecule has 1 fully saturated rings. The van der Waals surface area contributed by atoms with E-state index in [-0.39, 0.29) is 0 Å². The lowest BCUT2D eigenvalue weighted by Crippen LogP contribution is -2.33. The average molecular weight is 348 g/mol. The zero-order valence-corrected chi connectivity index (χ0v) is 15.1. The molecule has 5 nitrogen and oxygen atoms in total. The van der Waals surface area contributed by atoms with Gasteiger partial charge in [-0.05, 0) is 44.0 Å². The summed E-state index contributed by atoms with van der Waals surface area (Å²) in [6.07, 6.45) is 10.9. The predicted molar refractivity (Wildman–Crippen MR) is 101 cm³/mol. The largest absolute Gasteiger partial charge is 0.384 e. The van der Waals surface area contributed by atoms with Crippen LogP contribution in [0.25, 0.3) is 10.9 Å². The van der Waals surface area contributed by atoms with Crippen molar-refractivity contribution in [1.82, 2.24) is 19.4 Å². The number of rotatable bonds is 3. The minimum atomic E-state index is -0.976. The molecule has 0 radical (unpaired) electrons. The van der Waals surface area contributed by atoms with E-state index in [4.69, 9.17) is 0 Å². The molecule has 26 heavy (non-hydrogen) atoms. The number of hydrogen-bond donors (Lipinski definition) is 1. The highest BCUT2D eigenvalue weighted by Gasteiger charge is 2.36. The predicted octanol–water partition coefficient (Wildman–Crippen LogP) is 3.03. The number of aromatic nitrogens is 3. The first-order valence-corrected chi connectivity index (χ1v) is 9.47. The van der Waals surface area contributed by atoms with E-state index in [9.17, 15) is 5.11 Å². The summed E-state index contributed by atoms with van der Waals surface area (Å²) in [7, 11) is 0. The van der Waals surface area contributed by atoms with Gasteiger partial charge in [-0.15, -0.1) is 0 Å². The van der Waals surface area contributed by atoms with Gasteiger partial charge in [-0.1, -0.05) is 6.07 Å². The van der Waals surface area contributed by atoms with Gasteiger partial charge in [0.2, 0.25) is 0 Å². The molecule has 2 unspecified atom stereocenters. The summed E-state index contributed by atoms with van der Waals surface area (Å²) in [6.45, 7) is 4.71. The Balaban J connectivity index is 1.65. The van der Waals surface area contributed by atoms with Crippen LogP contribution in [0.3, 0.4) is 0 Å². The maximum Gasteiger partial charge on any atom is 0.106 e. The molecule has 0 saturated carbocycles. The second kappa shape index (κ2) is 5.89. The van der Waals surface area contributed by atoms with Crippen LogP contribution in [0.4, 0.5) is 0 Å². The third-order valence-electron chi connectivity index (χ3n) is 6.10. The van der Waals surface area contributed by atoms with Gasteiger partial charge in [-0.25, -0.2) is 0 Å². The molecule has 0 amide bonds. The standard InChI is InChI=1S/C21H24N4O/c1-21(26,15-4-2-8-22-12-15)14-25-18-7-11-24-10-3-5-17(24)20(18)16-6-9-23-13-19(16)25/h2,4,6,8-9,12-13,17,26H,3,5,7,10-11,14H2,1H3. The molecular formula is C21H24N4O. The summed E-state index contributed by atoms with van der Waals surface area (Å²) >= 11 is 0. The molecule has 1 saturated heterocycles. The Hall–Kier alpha value is -2.24. The van der Waals surface area contributed by atoms with Crippen molar-refractivity contribution >= 4 is 10.9 Å². The summed E-state index contributed by atoms with van der Waals surface area (Å²) in [5.41, 5.74) is 3.85. The highest BCUT2D eigenvalue weighted by atomic mass is 16.3. The topological polar surface area (TPSA) is 54.2 Å². The summed E-state index contributed by atoms with van der Waals surface area (Å²) in [6, 6.07) is 6.49. The molecule has 0 spiro atoms. The Kier molecular flexibility index (Phi) is 3.62. The van der Waals surface area contributed by atoms with Crippen molar-refractivity contribution in [3.63, 3.8) is 0 Å². The maximum absolute atomic E-state index is 11.2. The van der Waals surface area contributed by atoms with E-state index in [0.717, 1.165) is 24.0 Å². The molecule has 3 aromatic rings. The quantitative estimate of drug-likeness (QED) is 0.790. The van der Waals surface area contributed by atoms with E-state index in [1.54, 1.807) is 12.4 Å². The number of hydrogen-bond acceptors (Lipinski definition) is 4. The summed E-state index contributed by atoms with van der Waals surface area (Å²) in [5, 5.41) is 12.5. The van der Waals surface area contributed by atoms with Crippen molar-refractivity contribution in [3.05, 3.63) is 59.8 Å². The SMILES string of the molecule is CC(O)(Cn1c2c(c3ccncc31)C1CCCN1CC2)c1cccnc1. The van der Waals surface area contributed by atoms with Crippen molar-refractivity contribution in [3.8, 4) is 0 Å². The van der Waals surface area contributed by atoms with Crippen LogP contribution < -0.4 is 0 Å². The minimum Gasteiger partial charge on any atom is -0.384 e. The van der Waals surface area contributed by atoms with E-state index in [2.05, 4.69) is 25.5 Å². The fourth-order valence-corrected chi connectivity index (χ4v) is 4.85. The third-order valence-corrected chi connectivity index (χ3v) is 6.10. The molecule has 2 atom stereocenters. The van der Waals surface area contributed by atoms with Crippen molar-refractivity contribution in [2.24, 2.45) is 0 Å². The Morgan fingerprint density at radius 3 is 2.92 bits per heavy atom. The van der Waals surface area contributed by atoms with E-state index >= 15 is 0 Å². The van der Waals surface area contributed by atoms with Crippen molar-refractivity contribution in [2.45, 2.75) is 44.4 Å². The van der Waals surface area contributed by atoms with Crippen molar-refractivity contribution in [2.75, 3.05) is 13.1 Å². The first kappa shape index (κ1) is 16.0. The van der Waals surface area contributed by atoms with Crippen LogP contribution in [0.1, 0.15) is 42.6 Å². The van der Waals surface area contributed by atoms with Crippen LogP contribution in [0.15, 0.2) is 43.0 Å². The van der Waals surface area contributed by atoms with E-state index in [1.165, 1.54) is 36.0 Å². The lowest BCUT2D eigenvalue weighted by atomic mass is 9.95. The minimum absolute atomic E-state index is 0.517. The highest BCUT2D eigenvalue weighted by Crippen LogP contribution is 2.43. The molecule has 0 bridgehead atoms. The van der Waals surface area contributed by atoms with Crippen LogP contribution in [-0.4, -0.2) is 37.6 Å². The molecule has 3 aromatic heterocycles. The number of aliphatic hydroxyl groups is 1. The molecule has 134 valence electrons. The zero-order valence-electron chi connectivity index (χ0n) is 15.1. The smallest absolute Gasteiger partial charge is 0.106 e. The molecule has 0 aliphatic carbocycles. The Morgan fingerprint density at radius 1 is 1.19 bits per heavy atom. The third kappa shape index (κ3) is 2.38. The second-order valence-electron chi connectivity index (χ2n) is 7.80. The molecule has 5 heteroatoms. The van der Waals surface area contributed by atoms with Crippen LogP contribution in [0, 0.1) is 0 Å². The molecule has 1 N–H and O–H groups in total. The number of nitrogens with zero attached hydrogens (tertiary/aromatic N) is 4. The number of pyridine rings is 2. The van der Waals surface area contributed by atoms with Crippen LogP contribution >= 0.6 is 0 Å². The highest BCUT2D eigenvalue weighted by molar-refractivity contribution is 5.85. The molecule has 2 aliphatic rings. The van der Waals surface area contributed by atoms with Crippen molar-refractivity contribution in [1.29, 1.82) is 0 Å². The van der Waals surface area contributed by atoms with Crippen LogP contribution in [-0.2, 0) is 18.6 Å². The van der Waals surface area contributed by atoms with Gasteiger partial charge in [0, 0.05) is 54.2 Å². The summed E-state index contributed by atoms with van der Waals surface area (Å²) in [4.78, 5) is 11.2. The van der Waals surface area contributed by atoms with Gasteiger partial charge in [-0.2, -0.15) is 0 Å². The lowest BCUT2D eigenvalue weighted by Gasteiger charge is -2.32. The van der Waals surface area contributed by atoms with Gasteiger partial charge < -0.3 is 9.67 Å². The second-order valence-corrected chi connectivity index (χ2v) is 7.80. The zero-order chi connectivity index (χ0) is 17.7. The number of fused-ring (bicyclic) bond motifs is 5. The monoisotopic (exact) mass is 348 g/mol. The lowest BCUT2D eigenvalue weighted by molar-refractivity contribution is 0.0380. The van der Waals surface area contributed by atoms with Crippen molar-refractivity contribution < 1.29 is 5.11 Å². The average Bonchev–Trinajstić information content (AvgIpc) is 3.25. The molecule has 5 heterocycles. The molecular weight excluding hydrogens is 324 g/mol. The molecule has 2 aliphatic heterocycles. The Bertz CT molecular complexity index is 947. The summed E-state index contributed by atoms with van der Waals surface area (Å²) in [5.74, 6) is 0. The first-order chi connectivity index (χ1) is 12.6. The van der Waals surface area contributed by atoms with Gasteiger partial charge in [0.1, 0.15) is 5.60 Å². The van der Waals surface area contributed by atoms with E-state index in [0.29, 0.717) is 12.6 Å². The van der Waals surface area contributed by atoms with Crippen LogP contribution in [0.2, 0.25) is 0 Å². The van der Waals surface area contributed by atoms with Gasteiger partial charge in [-0.3, -0.25) is 14.9 Å². The fraction of sp³-hybridized carbons (Fsp3) is 0.429. The fourth-order valence-electron chi connectivity index (χ4n) is 4.85. The Morgan fingerprint density at radius 2 is 2.08 bits per heavy atom. The van der Waals surface area contributed by atoms with Crippen LogP contribution in [0.5, 0.6) is 0 Å². The van der Waals surface area contributed by atoms with Gasteiger partial charge in [0.05, 0.1) is 18.3 Å². The normalized spacial score (nSPS) is 22.2. The van der Waals surface area contributed by atoms with Gasteiger partial charge in [0.15, 0.2) is 0 Å². The molecule has 0 aromatic carbocycles. The van der Waals surface area contributed by atoms with Gasteiger partial charge >= 0.3 is 0 Å². The van der Waals surface area contributed by atoms with Gasteiger partial charge in [0.25, 0.3) is 0 Å².